The number of imidazole rings is 1. The van der Waals surface area contributed by atoms with Gasteiger partial charge in [0, 0.05) is 31.0 Å². The van der Waals surface area contributed by atoms with Gasteiger partial charge in [0.15, 0.2) is 16.6 Å². The number of fused-ring (bicyclic) bond motifs is 2. The number of nitriles is 1. The molecule has 1 aliphatic rings. The van der Waals surface area contributed by atoms with Crippen molar-refractivity contribution in [3.63, 3.8) is 0 Å². The molecule has 0 spiro atoms. The summed E-state index contributed by atoms with van der Waals surface area (Å²) < 4.78 is 1.86. The third kappa shape index (κ3) is 3.20. The summed E-state index contributed by atoms with van der Waals surface area (Å²) in [6, 6.07) is 4.52. The molecule has 0 aliphatic carbocycles. The molecule has 5 heterocycles. The van der Waals surface area contributed by atoms with E-state index in [9.17, 15) is 5.26 Å². The molecule has 0 saturated carbocycles. The van der Waals surface area contributed by atoms with Crippen LogP contribution in [-0.4, -0.2) is 50.5 Å². The molecule has 0 aromatic carbocycles. The fourth-order valence-electron chi connectivity index (χ4n) is 3.79. The van der Waals surface area contributed by atoms with Gasteiger partial charge < -0.3 is 14.6 Å². The molecule has 29 heavy (non-hydrogen) atoms. The van der Waals surface area contributed by atoms with Crippen molar-refractivity contribution < 1.29 is 0 Å². The van der Waals surface area contributed by atoms with Crippen molar-refractivity contribution in [1.82, 2.24) is 29.7 Å². The number of hydrogen-bond acceptors (Lipinski definition) is 8. The quantitative estimate of drug-likeness (QED) is 0.561. The second-order valence-electron chi connectivity index (χ2n) is 7.34. The Morgan fingerprint density at radius 3 is 2.86 bits per heavy atom. The number of anilines is 1. The van der Waals surface area contributed by atoms with Gasteiger partial charge in [-0.2, -0.15) is 5.26 Å². The summed E-state index contributed by atoms with van der Waals surface area (Å²) in [5.41, 5.74) is 3.61. The number of aromatic nitrogens is 5. The van der Waals surface area contributed by atoms with E-state index in [0.717, 1.165) is 52.7 Å². The fraction of sp³-hybridized carbons (Fsp3) is 0.350. The molecular weight excluding hydrogens is 384 g/mol. The van der Waals surface area contributed by atoms with Crippen molar-refractivity contribution in [2.45, 2.75) is 25.8 Å². The molecular formula is C20H20N8S. The first-order valence-electron chi connectivity index (χ1n) is 9.59. The van der Waals surface area contributed by atoms with E-state index in [1.54, 1.807) is 23.6 Å². The van der Waals surface area contributed by atoms with Crippen LogP contribution in [0, 0.1) is 18.3 Å². The zero-order chi connectivity index (χ0) is 20.0. The van der Waals surface area contributed by atoms with Gasteiger partial charge >= 0.3 is 0 Å². The van der Waals surface area contributed by atoms with Gasteiger partial charge in [-0.1, -0.05) is 11.3 Å². The van der Waals surface area contributed by atoms with Crippen molar-refractivity contribution in [3.05, 3.63) is 35.9 Å². The number of piperidine rings is 1. The van der Waals surface area contributed by atoms with Crippen LogP contribution in [0.1, 0.15) is 24.1 Å². The molecule has 4 aromatic heterocycles. The number of nitrogens with zero attached hydrogens (tertiary/aromatic N) is 7. The molecule has 1 aliphatic heterocycles. The highest BCUT2D eigenvalue weighted by Gasteiger charge is 2.21. The van der Waals surface area contributed by atoms with Crippen LogP contribution >= 0.6 is 11.3 Å². The molecule has 0 atom stereocenters. The maximum Gasteiger partial charge on any atom is 0.187 e. The fourth-order valence-corrected chi connectivity index (χ4v) is 4.73. The third-order valence-electron chi connectivity index (χ3n) is 5.35. The van der Waals surface area contributed by atoms with Crippen molar-refractivity contribution >= 4 is 32.5 Å². The van der Waals surface area contributed by atoms with Crippen LogP contribution in [0.5, 0.6) is 0 Å². The second kappa shape index (κ2) is 7.06. The van der Waals surface area contributed by atoms with Gasteiger partial charge in [-0.3, -0.25) is 0 Å². The first-order chi connectivity index (χ1) is 14.1. The van der Waals surface area contributed by atoms with Crippen LogP contribution in [0.15, 0.2) is 24.7 Å². The molecule has 5 rings (SSSR count). The lowest BCUT2D eigenvalue weighted by Gasteiger charge is -2.31. The van der Waals surface area contributed by atoms with E-state index in [4.69, 9.17) is 9.97 Å². The maximum atomic E-state index is 9.51. The number of thiazole rings is 1. The Kier molecular flexibility index (Phi) is 4.38. The van der Waals surface area contributed by atoms with Gasteiger partial charge in [-0.25, -0.2) is 19.9 Å². The molecule has 0 bridgehead atoms. The molecule has 1 saturated heterocycles. The maximum absolute atomic E-state index is 9.51. The first-order valence-corrected chi connectivity index (χ1v) is 10.4. The van der Waals surface area contributed by atoms with E-state index in [1.807, 2.05) is 23.7 Å². The number of hydrogen-bond donors (Lipinski definition) is 1. The lowest BCUT2D eigenvalue weighted by atomic mass is 10.1. The highest BCUT2D eigenvalue weighted by molar-refractivity contribution is 7.21. The standard InChI is InChI=1S/C20H20N8S/c1-12-10-28-11-14(7-13(8-21)18(28)24-12)17-23-9-16-19(26-17)29-20(25-16)27(2)15-3-5-22-6-4-15/h7,9-11,15,22H,3-6H2,1-2H3. The van der Waals surface area contributed by atoms with Gasteiger partial charge in [0.2, 0.25) is 0 Å². The second-order valence-corrected chi connectivity index (χ2v) is 8.30. The summed E-state index contributed by atoms with van der Waals surface area (Å²) in [5.74, 6) is 0.585. The summed E-state index contributed by atoms with van der Waals surface area (Å²) in [6.45, 7) is 4.00. The Morgan fingerprint density at radius 1 is 1.24 bits per heavy atom. The summed E-state index contributed by atoms with van der Waals surface area (Å²) in [6.07, 6.45) is 7.82. The Labute approximate surface area is 171 Å². The van der Waals surface area contributed by atoms with Crippen LogP contribution < -0.4 is 10.2 Å². The number of aryl methyl sites for hydroxylation is 1. The van der Waals surface area contributed by atoms with Crippen LogP contribution in [0.2, 0.25) is 0 Å². The summed E-state index contributed by atoms with van der Waals surface area (Å²) in [7, 11) is 2.11. The highest BCUT2D eigenvalue weighted by Crippen LogP contribution is 2.30. The van der Waals surface area contributed by atoms with Gasteiger partial charge in [-0.05, 0) is 38.9 Å². The van der Waals surface area contributed by atoms with Crippen molar-refractivity contribution in [3.8, 4) is 17.5 Å². The molecule has 1 fully saturated rings. The van der Waals surface area contributed by atoms with Gasteiger partial charge in [0.05, 0.1) is 17.5 Å². The Hall–Kier alpha value is -3.09. The van der Waals surface area contributed by atoms with E-state index in [1.165, 1.54) is 0 Å². The van der Waals surface area contributed by atoms with E-state index >= 15 is 0 Å². The SMILES string of the molecule is Cc1cn2cc(-c3ncc4nc(N(C)C5CCNCC5)sc4n3)cc(C#N)c2n1. The Bertz CT molecular complexity index is 1240. The molecule has 146 valence electrons. The summed E-state index contributed by atoms with van der Waals surface area (Å²) in [5, 5.41) is 13.9. The lowest BCUT2D eigenvalue weighted by molar-refractivity contribution is 0.443. The first kappa shape index (κ1) is 18.0. The van der Waals surface area contributed by atoms with E-state index in [2.05, 4.69) is 33.3 Å². The van der Waals surface area contributed by atoms with Crippen molar-refractivity contribution in [2.24, 2.45) is 0 Å². The van der Waals surface area contributed by atoms with E-state index in [0.29, 0.717) is 23.1 Å². The molecule has 0 amide bonds. The monoisotopic (exact) mass is 404 g/mol. The van der Waals surface area contributed by atoms with Crippen LogP contribution in [0.4, 0.5) is 5.13 Å². The van der Waals surface area contributed by atoms with Gasteiger partial charge in [0.1, 0.15) is 16.4 Å². The number of nitrogens with one attached hydrogen (secondary N) is 1. The normalized spacial score (nSPS) is 15.1. The van der Waals surface area contributed by atoms with E-state index < -0.39 is 0 Å². The predicted octanol–water partition coefficient (Wildman–Crippen LogP) is 2.77. The van der Waals surface area contributed by atoms with Crippen LogP contribution in [0.3, 0.4) is 0 Å². The summed E-state index contributed by atoms with van der Waals surface area (Å²) >= 11 is 1.58. The lowest BCUT2D eigenvalue weighted by Crippen LogP contribution is -2.41. The smallest absolute Gasteiger partial charge is 0.187 e. The zero-order valence-electron chi connectivity index (χ0n) is 16.3. The van der Waals surface area contributed by atoms with E-state index in [-0.39, 0.29) is 0 Å². The van der Waals surface area contributed by atoms with Gasteiger partial charge in [-0.15, -0.1) is 0 Å². The van der Waals surface area contributed by atoms with Crippen LogP contribution in [-0.2, 0) is 0 Å². The minimum atomic E-state index is 0.495. The Balaban J connectivity index is 1.53. The molecule has 9 heteroatoms. The van der Waals surface area contributed by atoms with Crippen molar-refractivity contribution in [2.75, 3.05) is 25.0 Å². The molecule has 4 aromatic rings. The topological polar surface area (TPSA) is 95.0 Å². The predicted molar refractivity (Wildman–Crippen MR) is 113 cm³/mol. The summed E-state index contributed by atoms with van der Waals surface area (Å²) in [4.78, 5) is 21.5. The molecule has 0 unspecified atom stereocenters. The zero-order valence-corrected chi connectivity index (χ0v) is 17.1. The molecule has 1 N–H and O–H groups in total. The van der Waals surface area contributed by atoms with Crippen LogP contribution in [0.25, 0.3) is 27.4 Å². The average molecular weight is 405 g/mol. The highest BCUT2D eigenvalue weighted by atomic mass is 32.1. The average Bonchev–Trinajstić information content (AvgIpc) is 3.34. The number of pyridine rings is 1. The Morgan fingerprint density at radius 2 is 2.07 bits per heavy atom. The minimum Gasteiger partial charge on any atom is -0.348 e. The minimum absolute atomic E-state index is 0.495. The largest absolute Gasteiger partial charge is 0.348 e. The van der Waals surface area contributed by atoms with Gasteiger partial charge in [0.25, 0.3) is 0 Å². The van der Waals surface area contributed by atoms with Crippen molar-refractivity contribution in [1.29, 1.82) is 5.26 Å². The number of rotatable bonds is 3. The molecule has 0 radical (unpaired) electrons. The molecule has 8 nitrogen and oxygen atoms in total. The third-order valence-corrected chi connectivity index (χ3v) is 6.40.